The third kappa shape index (κ3) is 3.89. The Kier molecular flexibility index (Phi) is 5.46. The van der Waals surface area contributed by atoms with Crippen molar-refractivity contribution in [2.45, 2.75) is 16.7 Å². The highest BCUT2D eigenvalue weighted by molar-refractivity contribution is 8.14. The largest absolute Gasteiger partial charge is 0.506 e. The number of anilines is 1. The third-order valence-electron chi connectivity index (χ3n) is 4.54. The first-order valence-electron chi connectivity index (χ1n) is 9.02. The molecule has 0 amide bonds. The lowest BCUT2D eigenvalue weighted by molar-refractivity contribution is 0.402. The SMILES string of the molecule is COc1ccc(C)cc1S(=O)(=O)Nc1cc(SC2=NCNN2)c(O)c2ccccc12. The third-order valence-corrected chi connectivity index (χ3v) is 6.88. The topological polar surface area (TPSA) is 112 Å². The van der Waals surface area contributed by atoms with E-state index >= 15 is 0 Å². The molecule has 3 aromatic carbocycles. The van der Waals surface area contributed by atoms with E-state index in [0.717, 1.165) is 5.56 Å². The van der Waals surface area contributed by atoms with Crippen LogP contribution in [0.1, 0.15) is 5.56 Å². The van der Waals surface area contributed by atoms with Gasteiger partial charge >= 0.3 is 0 Å². The second kappa shape index (κ2) is 8.05. The molecule has 1 aliphatic heterocycles. The molecule has 0 radical (unpaired) electrons. The number of aromatic hydroxyl groups is 1. The van der Waals surface area contributed by atoms with Gasteiger partial charge in [0.05, 0.1) is 17.7 Å². The number of hydrogen-bond acceptors (Lipinski definition) is 8. The van der Waals surface area contributed by atoms with E-state index in [9.17, 15) is 13.5 Å². The van der Waals surface area contributed by atoms with Crippen molar-refractivity contribution < 1.29 is 18.3 Å². The molecule has 1 heterocycles. The second-order valence-electron chi connectivity index (χ2n) is 6.60. The van der Waals surface area contributed by atoms with Crippen molar-refractivity contribution in [3.63, 3.8) is 0 Å². The maximum atomic E-state index is 13.2. The number of aliphatic imine (C=N–C) groups is 1. The van der Waals surface area contributed by atoms with Gasteiger partial charge in [-0.05, 0) is 42.4 Å². The van der Waals surface area contributed by atoms with Crippen LogP contribution in [0.25, 0.3) is 10.8 Å². The Labute approximate surface area is 178 Å². The predicted molar refractivity (Wildman–Crippen MR) is 119 cm³/mol. The molecule has 0 bridgehead atoms. The summed E-state index contributed by atoms with van der Waals surface area (Å²) in [6.07, 6.45) is 0. The van der Waals surface area contributed by atoms with Crippen LogP contribution in [0.3, 0.4) is 0 Å². The standard InChI is InChI=1S/C20H20N4O4S2/c1-12-7-8-16(28-2)18(9-12)30(26,27)24-15-10-17(29-20-21-11-22-23-20)19(25)14-6-4-3-5-13(14)15/h3-10,22,24-25H,11H2,1-2H3,(H,21,23). The van der Waals surface area contributed by atoms with Crippen LogP contribution < -0.4 is 20.3 Å². The molecule has 0 spiro atoms. The summed E-state index contributed by atoms with van der Waals surface area (Å²) in [6, 6.07) is 13.6. The van der Waals surface area contributed by atoms with Crippen LogP contribution in [-0.2, 0) is 10.0 Å². The monoisotopic (exact) mass is 444 g/mol. The number of sulfonamides is 1. The molecule has 0 saturated carbocycles. The molecule has 0 fully saturated rings. The summed E-state index contributed by atoms with van der Waals surface area (Å²) in [5.41, 5.74) is 6.89. The predicted octanol–water partition coefficient (Wildman–Crippen LogP) is 3.18. The van der Waals surface area contributed by atoms with Crippen molar-refractivity contribution in [2.75, 3.05) is 18.5 Å². The van der Waals surface area contributed by atoms with E-state index in [1.54, 1.807) is 48.5 Å². The molecule has 4 N–H and O–H groups in total. The maximum absolute atomic E-state index is 13.2. The number of rotatable bonds is 5. The molecule has 8 nitrogen and oxygen atoms in total. The Morgan fingerprint density at radius 2 is 1.93 bits per heavy atom. The number of ether oxygens (including phenoxy) is 1. The van der Waals surface area contributed by atoms with Crippen LogP contribution in [0.5, 0.6) is 11.5 Å². The molecule has 1 aliphatic rings. The normalized spacial score (nSPS) is 13.7. The van der Waals surface area contributed by atoms with Crippen molar-refractivity contribution >= 4 is 43.4 Å². The van der Waals surface area contributed by atoms with Gasteiger partial charge in [0, 0.05) is 10.8 Å². The molecule has 156 valence electrons. The smallest absolute Gasteiger partial charge is 0.265 e. The number of phenols is 1. The fourth-order valence-electron chi connectivity index (χ4n) is 3.12. The van der Waals surface area contributed by atoms with Crippen molar-refractivity contribution in [2.24, 2.45) is 4.99 Å². The summed E-state index contributed by atoms with van der Waals surface area (Å²) in [5.74, 6) is 0.310. The van der Waals surface area contributed by atoms with E-state index in [1.165, 1.54) is 18.9 Å². The Morgan fingerprint density at radius 3 is 2.63 bits per heavy atom. The molecule has 0 unspecified atom stereocenters. The average molecular weight is 445 g/mol. The number of nitrogens with one attached hydrogen (secondary N) is 3. The molecular weight excluding hydrogens is 424 g/mol. The molecule has 0 saturated heterocycles. The zero-order chi connectivity index (χ0) is 21.3. The lowest BCUT2D eigenvalue weighted by Crippen LogP contribution is -2.27. The van der Waals surface area contributed by atoms with E-state index in [0.29, 0.717) is 33.2 Å². The number of hydrazine groups is 1. The number of fused-ring (bicyclic) bond motifs is 1. The van der Waals surface area contributed by atoms with Crippen LogP contribution in [-0.4, -0.2) is 32.5 Å². The molecule has 0 aromatic heterocycles. The number of aryl methyl sites for hydroxylation is 1. The zero-order valence-corrected chi connectivity index (χ0v) is 17.9. The minimum atomic E-state index is -3.95. The number of methoxy groups -OCH3 is 1. The van der Waals surface area contributed by atoms with Gasteiger partial charge in [0.1, 0.15) is 23.1 Å². The number of benzene rings is 3. The molecule has 3 aromatic rings. The summed E-state index contributed by atoms with van der Waals surface area (Å²) < 4.78 is 34.3. The minimum Gasteiger partial charge on any atom is -0.506 e. The number of thioether (sulfide) groups is 1. The number of phenolic OH excluding ortho intramolecular Hbond substituents is 1. The first-order valence-corrected chi connectivity index (χ1v) is 11.3. The van der Waals surface area contributed by atoms with E-state index in [1.807, 2.05) is 6.92 Å². The zero-order valence-electron chi connectivity index (χ0n) is 16.3. The van der Waals surface area contributed by atoms with Crippen molar-refractivity contribution in [1.29, 1.82) is 0 Å². The van der Waals surface area contributed by atoms with Gasteiger partial charge in [-0.2, -0.15) is 0 Å². The molecule has 10 heteroatoms. The van der Waals surface area contributed by atoms with Gasteiger partial charge in [-0.1, -0.05) is 30.3 Å². The average Bonchev–Trinajstić information content (AvgIpc) is 3.24. The summed E-state index contributed by atoms with van der Waals surface area (Å²) in [4.78, 5) is 4.74. The van der Waals surface area contributed by atoms with Crippen molar-refractivity contribution in [3.05, 3.63) is 54.1 Å². The van der Waals surface area contributed by atoms with Crippen molar-refractivity contribution in [1.82, 2.24) is 10.9 Å². The van der Waals surface area contributed by atoms with E-state index in [4.69, 9.17) is 4.74 Å². The summed E-state index contributed by atoms with van der Waals surface area (Å²) in [7, 11) is -2.52. The Balaban J connectivity index is 1.82. The fraction of sp³-hybridized carbons (Fsp3) is 0.150. The van der Waals surface area contributed by atoms with Crippen LogP contribution in [0.4, 0.5) is 5.69 Å². The highest BCUT2D eigenvalue weighted by Crippen LogP contribution is 2.41. The first-order chi connectivity index (χ1) is 14.4. The fourth-order valence-corrected chi connectivity index (χ4v) is 5.29. The lowest BCUT2D eigenvalue weighted by Gasteiger charge is -2.16. The molecular formula is C20H20N4O4S2. The van der Waals surface area contributed by atoms with E-state index in [-0.39, 0.29) is 16.4 Å². The van der Waals surface area contributed by atoms with Gasteiger partial charge in [0.25, 0.3) is 10.0 Å². The summed E-state index contributed by atoms with van der Waals surface area (Å²) in [6.45, 7) is 2.23. The van der Waals surface area contributed by atoms with Crippen LogP contribution in [0, 0.1) is 6.92 Å². The number of nitrogens with zero attached hydrogens (tertiary/aromatic N) is 1. The molecule has 0 atom stereocenters. The molecule has 4 rings (SSSR count). The summed E-state index contributed by atoms with van der Waals surface area (Å²) >= 11 is 1.21. The van der Waals surface area contributed by atoms with Gasteiger partial charge in [0.15, 0.2) is 5.17 Å². The van der Waals surface area contributed by atoms with E-state index < -0.39 is 10.0 Å². The highest BCUT2D eigenvalue weighted by Gasteiger charge is 2.23. The van der Waals surface area contributed by atoms with Crippen LogP contribution >= 0.6 is 11.8 Å². The van der Waals surface area contributed by atoms with Gasteiger partial charge < -0.3 is 9.84 Å². The lowest BCUT2D eigenvalue weighted by atomic mass is 10.1. The van der Waals surface area contributed by atoms with Crippen molar-refractivity contribution in [3.8, 4) is 11.5 Å². The Hall–Kier alpha value is -2.95. The molecule has 30 heavy (non-hydrogen) atoms. The quantitative estimate of drug-likeness (QED) is 0.447. The number of amidine groups is 1. The van der Waals surface area contributed by atoms with Gasteiger partial charge in [-0.25, -0.2) is 18.8 Å². The Bertz CT molecular complexity index is 1260. The van der Waals surface area contributed by atoms with Crippen LogP contribution in [0.2, 0.25) is 0 Å². The first kappa shape index (κ1) is 20.3. The number of hydrogen-bond donors (Lipinski definition) is 4. The van der Waals surface area contributed by atoms with Gasteiger partial charge in [-0.15, -0.1) is 0 Å². The Morgan fingerprint density at radius 1 is 1.17 bits per heavy atom. The van der Waals surface area contributed by atoms with E-state index in [2.05, 4.69) is 20.6 Å². The maximum Gasteiger partial charge on any atom is 0.265 e. The molecule has 0 aliphatic carbocycles. The minimum absolute atomic E-state index is 0.0439. The van der Waals surface area contributed by atoms with Crippen LogP contribution in [0.15, 0.2) is 63.3 Å². The van der Waals surface area contributed by atoms with Gasteiger partial charge in [-0.3, -0.25) is 10.1 Å². The van der Waals surface area contributed by atoms with Gasteiger partial charge in [0.2, 0.25) is 0 Å². The second-order valence-corrected chi connectivity index (χ2v) is 9.28. The highest BCUT2D eigenvalue weighted by atomic mass is 32.2. The summed E-state index contributed by atoms with van der Waals surface area (Å²) in [5, 5.41) is 12.4.